The first-order valence-corrected chi connectivity index (χ1v) is 9.48. The third-order valence-electron chi connectivity index (χ3n) is 3.39. The van der Waals surface area contributed by atoms with Crippen molar-refractivity contribution in [1.82, 2.24) is 14.9 Å². The Morgan fingerprint density at radius 1 is 1.18 bits per heavy atom. The van der Waals surface area contributed by atoms with Crippen molar-refractivity contribution in [1.29, 1.82) is 0 Å². The van der Waals surface area contributed by atoms with Crippen LogP contribution in [-0.4, -0.2) is 31.7 Å². The van der Waals surface area contributed by atoms with Gasteiger partial charge in [0.2, 0.25) is 15.2 Å². The van der Waals surface area contributed by atoms with E-state index in [9.17, 15) is 8.42 Å². The van der Waals surface area contributed by atoms with E-state index in [1.165, 1.54) is 12.8 Å². The average Bonchev–Trinajstić information content (AvgIpc) is 3.24. The Labute approximate surface area is 134 Å². The zero-order valence-corrected chi connectivity index (χ0v) is 13.9. The molecule has 1 aliphatic carbocycles. The standard InChI is InChI=1S/C14H18N4O2S2/c1-10-2-6-12(7-3-10)22(19,20)16-9-8-15-14-18-17-13(21-14)11-4-5-11/h2-3,6-7,11,16H,4-5,8-9H2,1H3,(H,15,18). The molecule has 0 atom stereocenters. The summed E-state index contributed by atoms with van der Waals surface area (Å²) in [5.41, 5.74) is 1.03. The SMILES string of the molecule is Cc1ccc(S(=O)(=O)NCCNc2nnc(C3CC3)s2)cc1. The van der Waals surface area contributed by atoms with Gasteiger partial charge in [0.05, 0.1) is 4.90 Å². The highest BCUT2D eigenvalue weighted by Gasteiger charge is 2.27. The molecule has 0 unspecified atom stereocenters. The van der Waals surface area contributed by atoms with Gasteiger partial charge < -0.3 is 5.32 Å². The molecule has 1 heterocycles. The third-order valence-corrected chi connectivity index (χ3v) is 5.91. The molecule has 1 aliphatic rings. The van der Waals surface area contributed by atoms with Crippen molar-refractivity contribution in [2.24, 2.45) is 0 Å². The summed E-state index contributed by atoms with van der Waals surface area (Å²) in [6.45, 7) is 2.70. The molecule has 0 saturated heterocycles. The Bertz CT molecular complexity index is 736. The predicted octanol–water partition coefficient (Wildman–Crippen LogP) is 2.11. The highest BCUT2D eigenvalue weighted by atomic mass is 32.2. The number of nitrogens with zero attached hydrogens (tertiary/aromatic N) is 2. The van der Waals surface area contributed by atoms with Crippen LogP contribution in [0.3, 0.4) is 0 Å². The van der Waals surface area contributed by atoms with Crippen molar-refractivity contribution in [3.8, 4) is 0 Å². The van der Waals surface area contributed by atoms with Crippen molar-refractivity contribution in [3.63, 3.8) is 0 Å². The van der Waals surface area contributed by atoms with Crippen LogP contribution < -0.4 is 10.0 Å². The van der Waals surface area contributed by atoms with Crippen LogP contribution in [-0.2, 0) is 10.0 Å². The van der Waals surface area contributed by atoms with Crippen molar-refractivity contribution in [2.75, 3.05) is 18.4 Å². The highest BCUT2D eigenvalue weighted by molar-refractivity contribution is 7.89. The number of aromatic nitrogens is 2. The lowest BCUT2D eigenvalue weighted by atomic mass is 10.2. The molecule has 22 heavy (non-hydrogen) atoms. The summed E-state index contributed by atoms with van der Waals surface area (Å²) in [5, 5.41) is 13.1. The second-order valence-electron chi connectivity index (χ2n) is 5.36. The lowest BCUT2D eigenvalue weighted by Gasteiger charge is -2.07. The van der Waals surface area contributed by atoms with Crippen LogP contribution in [0.5, 0.6) is 0 Å². The largest absolute Gasteiger partial charge is 0.359 e. The Morgan fingerprint density at radius 2 is 1.91 bits per heavy atom. The molecular formula is C14H18N4O2S2. The Balaban J connectivity index is 1.48. The molecule has 1 aromatic heterocycles. The van der Waals surface area contributed by atoms with Crippen LogP contribution in [0, 0.1) is 6.92 Å². The summed E-state index contributed by atoms with van der Waals surface area (Å²) in [6.07, 6.45) is 2.40. The quantitative estimate of drug-likeness (QED) is 0.756. The van der Waals surface area contributed by atoms with Crippen LogP contribution in [0.25, 0.3) is 0 Å². The predicted molar refractivity (Wildman–Crippen MR) is 86.7 cm³/mol. The maximum atomic E-state index is 12.1. The van der Waals surface area contributed by atoms with Crippen LogP contribution in [0.15, 0.2) is 29.2 Å². The van der Waals surface area contributed by atoms with E-state index in [4.69, 9.17) is 0 Å². The Hall–Kier alpha value is -1.51. The molecule has 3 rings (SSSR count). The van der Waals surface area contributed by atoms with E-state index in [0.717, 1.165) is 15.7 Å². The van der Waals surface area contributed by atoms with E-state index in [1.807, 2.05) is 6.92 Å². The number of sulfonamides is 1. The molecule has 2 N–H and O–H groups in total. The van der Waals surface area contributed by atoms with Crippen molar-refractivity contribution in [3.05, 3.63) is 34.8 Å². The van der Waals surface area contributed by atoms with Gasteiger partial charge in [-0.05, 0) is 31.9 Å². The molecule has 0 amide bonds. The number of rotatable bonds is 7. The summed E-state index contributed by atoms with van der Waals surface area (Å²) in [5.74, 6) is 0.591. The smallest absolute Gasteiger partial charge is 0.240 e. The molecule has 1 fully saturated rings. The molecule has 1 aromatic carbocycles. The number of nitrogens with one attached hydrogen (secondary N) is 2. The van der Waals surface area contributed by atoms with Gasteiger partial charge in [0.1, 0.15) is 5.01 Å². The fourth-order valence-corrected chi connectivity index (χ4v) is 3.93. The Kier molecular flexibility index (Phi) is 4.42. The van der Waals surface area contributed by atoms with E-state index < -0.39 is 10.0 Å². The van der Waals surface area contributed by atoms with Gasteiger partial charge >= 0.3 is 0 Å². The lowest BCUT2D eigenvalue weighted by molar-refractivity contribution is 0.583. The first-order valence-electron chi connectivity index (χ1n) is 7.18. The topological polar surface area (TPSA) is 84.0 Å². The normalized spacial score (nSPS) is 15.0. The molecule has 6 nitrogen and oxygen atoms in total. The van der Waals surface area contributed by atoms with E-state index in [0.29, 0.717) is 19.0 Å². The van der Waals surface area contributed by atoms with Crippen LogP contribution in [0.2, 0.25) is 0 Å². The zero-order chi connectivity index (χ0) is 15.6. The first-order chi connectivity index (χ1) is 10.5. The number of hydrogen-bond donors (Lipinski definition) is 2. The van der Waals surface area contributed by atoms with Gasteiger partial charge in [-0.3, -0.25) is 0 Å². The maximum absolute atomic E-state index is 12.1. The molecule has 0 aliphatic heterocycles. The van der Waals surface area contributed by atoms with Crippen LogP contribution in [0.4, 0.5) is 5.13 Å². The zero-order valence-electron chi connectivity index (χ0n) is 12.2. The van der Waals surface area contributed by atoms with Crippen molar-refractivity contribution >= 4 is 26.5 Å². The average molecular weight is 338 g/mol. The lowest BCUT2D eigenvalue weighted by Crippen LogP contribution is -2.28. The first kappa shape index (κ1) is 15.4. The number of benzene rings is 1. The number of aryl methyl sites for hydroxylation is 1. The van der Waals surface area contributed by atoms with Crippen molar-refractivity contribution in [2.45, 2.75) is 30.6 Å². The summed E-state index contributed by atoms with van der Waals surface area (Å²) < 4.78 is 26.8. The molecular weight excluding hydrogens is 320 g/mol. The second kappa shape index (κ2) is 6.31. The monoisotopic (exact) mass is 338 g/mol. The Morgan fingerprint density at radius 3 is 2.59 bits per heavy atom. The maximum Gasteiger partial charge on any atom is 0.240 e. The van der Waals surface area contributed by atoms with Gasteiger partial charge in [0.25, 0.3) is 0 Å². The fourth-order valence-electron chi connectivity index (χ4n) is 1.96. The summed E-state index contributed by atoms with van der Waals surface area (Å²) >= 11 is 1.55. The molecule has 8 heteroatoms. The number of hydrogen-bond acceptors (Lipinski definition) is 6. The minimum absolute atomic E-state index is 0.282. The highest BCUT2D eigenvalue weighted by Crippen LogP contribution is 2.41. The second-order valence-corrected chi connectivity index (χ2v) is 8.13. The molecule has 0 radical (unpaired) electrons. The van der Waals surface area contributed by atoms with Gasteiger partial charge in [0, 0.05) is 19.0 Å². The minimum atomic E-state index is -3.45. The van der Waals surface area contributed by atoms with Gasteiger partial charge in [-0.2, -0.15) is 0 Å². The molecule has 118 valence electrons. The van der Waals surface area contributed by atoms with Gasteiger partial charge in [-0.15, -0.1) is 10.2 Å². The molecule has 0 bridgehead atoms. The number of anilines is 1. The minimum Gasteiger partial charge on any atom is -0.359 e. The molecule has 0 spiro atoms. The molecule has 1 saturated carbocycles. The van der Waals surface area contributed by atoms with E-state index in [2.05, 4.69) is 20.2 Å². The third kappa shape index (κ3) is 3.82. The summed E-state index contributed by atoms with van der Waals surface area (Å²) in [4.78, 5) is 0.282. The summed E-state index contributed by atoms with van der Waals surface area (Å²) in [7, 11) is -3.45. The van der Waals surface area contributed by atoms with Gasteiger partial charge in [-0.1, -0.05) is 29.0 Å². The van der Waals surface area contributed by atoms with Crippen molar-refractivity contribution < 1.29 is 8.42 Å². The molecule has 2 aromatic rings. The van der Waals surface area contributed by atoms with Crippen LogP contribution in [0.1, 0.15) is 29.3 Å². The van der Waals surface area contributed by atoms with E-state index in [-0.39, 0.29) is 4.90 Å². The van der Waals surface area contributed by atoms with Crippen LogP contribution >= 0.6 is 11.3 Å². The fraction of sp³-hybridized carbons (Fsp3) is 0.429. The van der Waals surface area contributed by atoms with Gasteiger partial charge in [-0.25, -0.2) is 13.1 Å². The summed E-state index contributed by atoms with van der Waals surface area (Å²) in [6, 6.07) is 6.79. The van der Waals surface area contributed by atoms with E-state index in [1.54, 1.807) is 35.6 Å². The van der Waals surface area contributed by atoms with Gasteiger partial charge in [0.15, 0.2) is 0 Å². The van der Waals surface area contributed by atoms with E-state index >= 15 is 0 Å².